The van der Waals surface area contributed by atoms with E-state index in [0.717, 1.165) is 19.3 Å². The molecule has 0 bridgehead atoms. The van der Waals surface area contributed by atoms with Gasteiger partial charge in [-0.25, -0.2) is 0 Å². The fraction of sp³-hybridized carbons (Fsp3) is 0.429. The molecule has 3 rings (SSSR count). The fourth-order valence-electron chi connectivity index (χ4n) is 2.55. The minimum Gasteiger partial charge on any atom is -0.482 e. The Labute approximate surface area is 116 Å². The zero-order chi connectivity index (χ0) is 14.2. The fourth-order valence-corrected chi connectivity index (χ4v) is 2.55. The lowest BCUT2D eigenvalue weighted by atomic mass is 9.68. The molecule has 0 saturated heterocycles. The van der Waals surface area contributed by atoms with Crippen molar-refractivity contribution in [3.05, 3.63) is 18.2 Å². The van der Waals surface area contributed by atoms with Crippen LogP contribution in [0, 0.1) is 5.41 Å². The van der Waals surface area contributed by atoms with E-state index in [1.54, 1.807) is 18.2 Å². The van der Waals surface area contributed by atoms with Crippen molar-refractivity contribution in [1.82, 2.24) is 0 Å². The van der Waals surface area contributed by atoms with E-state index in [4.69, 9.17) is 10.5 Å². The number of rotatable bonds is 3. The number of ether oxygens (including phenoxy) is 1. The number of hydrogen-bond acceptors (Lipinski definition) is 4. The number of nitrogens with one attached hydrogen (secondary N) is 2. The lowest BCUT2D eigenvalue weighted by Gasteiger charge is -2.39. The second-order valence-corrected chi connectivity index (χ2v) is 5.34. The SMILES string of the molecule is NCC1(C(=O)Nc2ccc3c(c2)NC(=O)CO3)CCC1. The van der Waals surface area contributed by atoms with E-state index in [1.807, 2.05) is 0 Å². The second-order valence-electron chi connectivity index (χ2n) is 5.34. The van der Waals surface area contributed by atoms with Gasteiger partial charge in [0.25, 0.3) is 5.91 Å². The third-order valence-electron chi connectivity index (χ3n) is 4.05. The lowest BCUT2D eigenvalue weighted by Crippen LogP contribution is -2.47. The van der Waals surface area contributed by atoms with Gasteiger partial charge in [0.05, 0.1) is 11.1 Å². The molecular weight excluding hydrogens is 258 g/mol. The van der Waals surface area contributed by atoms with Crippen molar-refractivity contribution in [2.75, 3.05) is 23.8 Å². The summed E-state index contributed by atoms with van der Waals surface area (Å²) in [4.78, 5) is 23.6. The largest absolute Gasteiger partial charge is 0.482 e. The van der Waals surface area contributed by atoms with Gasteiger partial charge in [0.15, 0.2) is 6.61 Å². The van der Waals surface area contributed by atoms with E-state index in [2.05, 4.69) is 10.6 Å². The van der Waals surface area contributed by atoms with Crippen molar-refractivity contribution in [2.45, 2.75) is 19.3 Å². The number of amides is 2. The van der Waals surface area contributed by atoms with E-state index < -0.39 is 5.41 Å². The Hall–Kier alpha value is -2.08. The minimum atomic E-state index is -0.421. The highest BCUT2D eigenvalue weighted by Gasteiger charge is 2.42. The number of benzene rings is 1. The highest BCUT2D eigenvalue weighted by molar-refractivity contribution is 5.99. The standard InChI is InChI=1S/C14H17N3O3/c15-8-14(4-1-5-14)13(19)16-9-2-3-11-10(6-9)17-12(18)7-20-11/h2-3,6H,1,4-5,7-8,15H2,(H,16,19)(H,17,18). The summed E-state index contributed by atoms with van der Waals surface area (Å²) in [5, 5.41) is 5.59. The van der Waals surface area contributed by atoms with E-state index in [0.29, 0.717) is 23.7 Å². The molecule has 0 atom stereocenters. The van der Waals surface area contributed by atoms with E-state index in [9.17, 15) is 9.59 Å². The molecule has 1 aromatic rings. The predicted octanol–water partition coefficient (Wildman–Crippen LogP) is 1.08. The molecule has 6 heteroatoms. The molecule has 0 spiro atoms. The lowest BCUT2D eigenvalue weighted by molar-refractivity contribution is -0.129. The Morgan fingerprint density at radius 2 is 2.25 bits per heavy atom. The Morgan fingerprint density at radius 1 is 1.45 bits per heavy atom. The van der Waals surface area contributed by atoms with Gasteiger partial charge in [-0.05, 0) is 31.0 Å². The van der Waals surface area contributed by atoms with E-state index in [-0.39, 0.29) is 18.4 Å². The van der Waals surface area contributed by atoms with Crippen LogP contribution in [0.1, 0.15) is 19.3 Å². The summed E-state index contributed by atoms with van der Waals surface area (Å²) in [6, 6.07) is 5.20. The van der Waals surface area contributed by atoms with Gasteiger partial charge in [0, 0.05) is 12.2 Å². The maximum absolute atomic E-state index is 12.3. The third kappa shape index (κ3) is 2.12. The molecule has 1 heterocycles. The molecule has 1 saturated carbocycles. The number of fused-ring (bicyclic) bond motifs is 1. The van der Waals surface area contributed by atoms with Crippen molar-refractivity contribution < 1.29 is 14.3 Å². The van der Waals surface area contributed by atoms with Gasteiger partial charge in [-0.1, -0.05) is 6.42 Å². The summed E-state index contributed by atoms with van der Waals surface area (Å²) in [5.74, 6) is 0.368. The molecule has 0 aromatic heterocycles. The van der Waals surface area contributed by atoms with E-state index in [1.165, 1.54) is 0 Å². The summed E-state index contributed by atoms with van der Waals surface area (Å²) >= 11 is 0. The molecule has 1 aliphatic carbocycles. The quantitative estimate of drug-likeness (QED) is 0.769. The van der Waals surface area contributed by atoms with Crippen LogP contribution in [0.4, 0.5) is 11.4 Å². The summed E-state index contributed by atoms with van der Waals surface area (Å²) < 4.78 is 5.27. The number of carbonyl (C=O) groups is 2. The van der Waals surface area contributed by atoms with Crippen LogP contribution in [0.3, 0.4) is 0 Å². The number of carbonyl (C=O) groups excluding carboxylic acids is 2. The molecule has 1 aromatic carbocycles. The summed E-state index contributed by atoms with van der Waals surface area (Å²) in [6.07, 6.45) is 2.71. The van der Waals surface area contributed by atoms with Crippen molar-refractivity contribution in [2.24, 2.45) is 11.1 Å². The third-order valence-corrected chi connectivity index (χ3v) is 4.05. The molecule has 0 radical (unpaired) electrons. The highest BCUT2D eigenvalue weighted by atomic mass is 16.5. The van der Waals surface area contributed by atoms with Crippen molar-refractivity contribution in [3.63, 3.8) is 0 Å². The number of anilines is 2. The normalized spacial score (nSPS) is 19.1. The first-order valence-electron chi connectivity index (χ1n) is 6.71. The molecule has 2 aliphatic rings. The average molecular weight is 275 g/mol. The first-order valence-corrected chi connectivity index (χ1v) is 6.71. The molecule has 4 N–H and O–H groups in total. The van der Waals surface area contributed by atoms with Gasteiger partial charge in [-0.15, -0.1) is 0 Å². The van der Waals surface area contributed by atoms with Crippen LogP contribution in [0.5, 0.6) is 5.75 Å². The first-order chi connectivity index (χ1) is 9.63. The molecule has 20 heavy (non-hydrogen) atoms. The monoisotopic (exact) mass is 275 g/mol. The number of nitrogens with two attached hydrogens (primary N) is 1. The Bertz CT molecular complexity index is 561. The van der Waals surface area contributed by atoms with Gasteiger partial charge in [0.1, 0.15) is 5.75 Å². The predicted molar refractivity (Wildman–Crippen MR) is 74.5 cm³/mol. The molecule has 1 aliphatic heterocycles. The Morgan fingerprint density at radius 3 is 2.90 bits per heavy atom. The molecule has 0 unspecified atom stereocenters. The first kappa shape index (κ1) is 12.9. The van der Waals surface area contributed by atoms with Crippen LogP contribution in [0.15, 0.2) is 18.2 Å². The van der Waals surface area contributed by atoms with Gasteiger partial charge in [0.2, 0.25) is 5.91 Å². The van der Waals surface area contributed by atoms with Crippen molar-refractivity contribution in [3.8, 4) is 5.75 Å². The van der Waals surface area contributed by atoms with Crippen LogP contribution < -0.4 is 21.1 Å². The Kier molecular flexibility index (Phi) is 3.10. The van der Waals surface area contributed by atoms with Crippen LogP contribution in [0.25, 0.3) is 0 Å². The molecule has 106 valence electrons. The van der Waals surface area contributed by atoms with Crippen molar-refractivity contribution in [1.29, 1.82) is 0 Å². The number of hydrogen-bond donors (Lipinski definition) is 3. The van der Waals surface area contributed by atoms with Gasteiger partial charge in [-0.2, -0.15) is 0 Å². The Balaban J connectivity index is 1.76. The molecule has 2 amide bonds. The summed E-state index contributed by atoms with van der Waals surface area (Å²) in [7, 11) is 0. The van der Waals surface area contributed by atoms with Crippen LogP contribution in [-0.4, -0.2) is 25.0 Å². The second kappa shape index (κ2) is 4.79. The minimum absolute atomic E-state index is 0.0228. The highest BCUT2D eigenvalue weighted by Crippen LogP contribution is 2.41. The van der Waals surface area contributed by atoms with E-state index >= 15 is 0 Å². The van der Waals surface area contributed by atoms with Gasteiger partial charge < -0.3 is 21.1 Å². The summed E-state index contributed by atoms with van der Waals surface area (Å²) in [6.45, 7) is 0.388. The molecular formula is C14H17N3O3. The smallest absolute Gasteiger partial charge is 0.262 e. The topological polar surface area (TPSA) is 93.5 Å². The average Bonchev–Trinajstić information content (AvgIpc) is 2.37. The summed E-state index contributed by atoms with van der Waals surface area (Å²) in [5.41, 5.74) is 6.51. The molecule has 1 fully saturated rings. The van der Waals surface area contributed by atoms with Gasteiger partial charge in [-0.3, -0.25) is 9.59 Å². The zero-order valence-electron chi connectivity index (χ0n) is 11.1. The van der Waals surface area contributed by atoms with Crippen LogP contribution in [-0.2, 0) is 9.59 Å². The zero-order valence-corrected chi connectivity index (χ0v) is 11.1. The maximum Gasteiger partial charge on any atom is 0.262 e. The molecule has 6 nitrogen and oxygen atoms in total. The van der Waals surface area contributed by atoms with Gasteiger partial charge >= 0.3 is 0 Å². The van der Waals surface area contributed by atoms with Crippen LogP contribution in [0.2, 0.25) is 0 Å². The van der Waals surface area contributed by atoms with Crippen LogP contribution >= 0.6 is 0 Å². The maximum atomic E-state index is 12.3. The van der Waals surface area contributed by atoms with Crippen molar-refractivity contribution >= 4 is 23.2 Å².